The molecule has 0 heterocycles. The van der Waals surface area contributed by atoms with E-state index in [0.29, 0.717) is 0 Å². The van der Waals surface area contributed by atoms with Gasteiger partial charge in [0.15, 0.2) is 5.78 Å². The fourth-order valence-corrected chi connectivity index (χ4v) is 2.13. The van der Waals surface area contributed by atoms with E-state index in [9.17, 15) is 4.79 Å². The van der Waals surface area contributed by atoms with Crippen LogP contribution in [0.4, 0.5) is 0 Å². The zero-order valence-corrected chi connectivity index (χ0v) is 10.2. The van der Waals surface area contributed by atoms with Gasteiger partial charge in [-0.05, 0) is 26.2 Å². The molecule has 0 saturated carbocycles. The Morgan fingerprint density at radius 1 is 1.57 bits per heavy atom. The smallest absolute Gasteiger partial charge is 0.155 e. The maximum Gasteiger partial charge on any atom is 0.155 e. The van der Waals surface area contributed by atoms with Crippen molar-refractivity contribution in [1.29, 1.82) is 0 Å². The van der Waals surface area contributed by atoms with Gasteiger partial charge in [0.05, 0.1) is 6.10 Å². The summed E-state index contributed by atoms with van der Waals surface area (Å²) in [5.74, 6) is 0.0901. The minimum Gasteiger partial charge on any atom is -0.365 e. The van der Waals surface area contributed by atoms with Gasteiger partial charge in [-0.3, -0.25) is 4.79 Å². The minimum absolute atomic E-state index is 0.0901. The van der Waals surface area contributed by atoms with Gasteiger partial charge < -0.3 is 4.74 Å². The van der Waals surface area contributed by atoms with E-state index in [1.165, 1.54) is 19.3 Å². The summed E-state index contributed by atoms with van der Waals surface area (Å²) < 4.78 is 6.64. The largest absolute Gasteiger partial charge is 0.365 e. The molecule has 1 atom stereocenters. The predicted octanol–water partition coefficient (Wildman–Crippen LogP) is 3.20. The Bertz CT molecular complexity index is 223. The third-order valence-electron chi connectivity index (χ3n) is 2.31. The predicted molar refractivity (Wildman–Crippen MR) is 60.5 cm³/mol. The van der Waals surface area contributed by atoms with E-state index in [-0.39, 0.29) is 18.5 Å². The van der Waals surface area contributed by atoms with Gasteiger partial charge in [0, 0.05) is 4.48 Å². The lowest BCUT2D eigenvalue weighted by Crippen LogP contribution is -2.18. The zero-order chi connectivity index (χ0) is 10.4. The number of ether oxygens (including phenoxy) is 1. The van der Waals surface area contributed by atoms with E-state index in [2.05, 4.69) is 22.0 Å². The molecule has 0 bridgehead atoms. The average molecular weight is 261 g/mol. The molecule has 1 rings (SSSR count). The highest BCUT2D eigenvalue weighted by atomic mass is 79.9. The summed E-state index contributed by atoms with van der Waals surface area (Å²) in [6.45, 7) is 1.79. The van der Waals surface area contributed by atoms with Crippen LogP contribution in [-0.2, 0) is 9.53 Å². The van der Waals surface area contributed by atoms with Gasteiger partial charge in [-0.15, -0.1) is 0 Å². The van der Waals surface area contributed by atoms with Crippen LogP contribution in [0, 0.1) is 0 Å². The number of allylic oxidation sites excluding steroid dienone is 1. The molecule has 3 heteroatoms. The van der Waals surface area contributed by atoms with E-state index < -0.39 is 0 Å². The van der Waals surface area contributed by atoms with Crippen molar-refractivity contribution in [2.45, 2.75) is 45.1 Å². The SMILES string of the molecule is CC(=O)COC1CCCCCC=C1Br. The van der Waals surface area contributed by atoms with Crippen molar-refractivity contribution in [3.63, 3.8) is 0 Å². The van der Waals surface area contributed by atoms with Gasteiger partial charge in [0.25, 0.3) is 0 Å². The minimum atomic E-state index is 0.0901. The Balaban J connectivity index is 2.45. The molecule has 0 saturated heterocycles. The normalized spacial score (nSPS) is 23.6. The van der Waals surface area contributed by atoms with Crippen molar-refractivity contribution in [1.82, 2.24) is 0 Å². The standard InChI is InChI=1S/C11H17BrO2/c1-9(13)8-14-11-7-5-3-2-4-6-10(11)12/h6,11H,2-5,7-8H2,1H3. The van der Waals surface area contributed by atoms with E-state index in [1.807, 2.05) is 0 Å². The first-order valence-electron chi connectivity index (χ1n) is 5.16. The van der Waals surface area contributed by atoms with Gasteiger partial charge in [-0.25, -0.2) is 0 Å². The summed E-state index contributed by atoms with van der Waals surface area (Å²) in [5, 5.41) is 0. The molecule has 2 nitrogen and oxygen atoms in total. The lowest BCUT2D eigenvalue weighted by atomic mass is 10.0. The molecule has 14 heavy (non-hydrogen) atoms. The molecular formula is C11H17BrO2. The van der Waals surface area contributed by atoms with Crippen LogP contribution in [-0.4, -0.2) is 18.5 Å². The molecule has 0 aromatic carbocycles. The maximum absolute atomic E-state index is 10.8. The van der Waals surface area contributed by atoms with Crippen molar-refractivity contribution in [3.05, 3.63) is 10.6 Å². The zero-order valence-electron chi connectivity index (χ0n) is 8.59. The molecule has 0 spiro atoms. The fraction of sp³-hybridized carbons (Fsp3) is 0.727. The second-order valence-electron chi connectivity index (χ2n) is 3.73. The number of halogens is 1. The van der Waals surface area contributed by atoms with Crippen LogP contribution in [0.1, 0.15) is 39.0 Å². The molecule has 0 aromatic rings. The van der Waals surface area contributed by atoms with Gasteiger partial charge >= 0.3 is 0 Å². The highest BCUT2D eigenvalue weighted by molar-refractivity contribution is 9.11. The van der Waals surface area contributed by atoms with Crippen molar-refractivity contribution in [3.8, 4) is 0 Å². The highest BCUT2D eigenvalue weighted by Crippen LogP contribution is 2.24. The molecule has 1 aliphatic rings. The van der Waals surface area contributed by atoms with Crippen LogP contribution < -0.4 is 0 Å². The van der Waals surface area contributed by atoms with E-state index in [0.717, 1.165) is 17.3 Å². The number of carbonyl (C=O) groups excluding carboxylic acids is 1. The quantitative estimate of drug-likeness (QED) is 0.779. The molecule has 80 valence electrons. The number of ketones is 1. The second-order valence-corrected chi connectivity index (χ2v) is 4.64. The van der Waals surface area contributed by atoms with Crippen LogP contribution in [0.5, 0.6) is 0 Å². The molecule has 1 aliphatic carbocycles. The summed E-state index contributed by atoms with van der Waals surface area (Å²) in [6, 6.07) is 0. The summed E-state index contributed by atoms with van der Waals surface area (Å²) in [5.41, 5.74) is 0. The number of carbonyl (C=O) groups is 1. The summed E-state index contributed by atoms with van der Waals surface area (Å²) in [4.78, 5) is 10.8. The number of hydrogen-bond donors (Lipinski definition) is 0. The van der Waals surface area contributed by atoms with Gasteiger partial charge in [-0.2, -0.15) is 0 Å². The Morgan fingerprint density at radius 3 is 3.07 bits per heavy atom. The highest BCUT2D eigenvalue weighted by Gasteiger charge is 2.14. The Morgan fingerprint density at radius 2 is 2.36 bits per heavy atom. The first-order valence-corrected chi connectivity index (χ1v) is 5.96. The summed E-state index contributed by atoms with van der Waals surface area (Å²) in [7, 11) is 0. The molecule has 0 fully saturated rings. The third-order valence-corrected chi connectivity index (χ3v) is 3.14. The van der Waals surface area contributed by atoms with Crippen LogP contribution in [0.15, 0.2) is 10.6 Å². The first-order chi connectivity index (χ1) is 6.70. The molecule has 0 N–H and O–H groups in total. The van der Waals surface area contributed by atoms with Crippen molar-refractivity contribution < 1.29 is 9.53 Å². The van der Waals surface area contributed by atoms with Crippen LogP contribution >= 0.6 is 15.9 Å². The third kappa shape index (κ3) is 4.38. The number of hydrogen-bond acceptors (Lipinski definition) is 2. The average Bonchev–Trinajstić information content (AvgIpc) is 2.10. The summed E-state index contributed by atoms with van der Waals surface area (Å²) >= 11 is 3.51. The van der Waals surface area contributed by atoms with Crippen LogP contribution in [0.2, 0.25) is 0 Å². The van der Waals surface area contributed by atoms with Crippen molar-refractivity contribution in [2.24, 2.45) is 0 Å². The van der Waals surface area contributed by atoms with Crippen LogP contribution in [0.3, 0.4) is 0 Å². The Labute approximate surface area is 93.8 Å². The second kappa shape index (κ2) is 6.36. The van der Waals surface area contributed by atoms with E-state index in [4.69, 9.17) is 4.74 Å². The molecule has 0 amide bonds. The molecular weight excluding hydrogens is 244 g/mol. The topological polar surface area (TPSA) is 26.3 Å². The number of rotatable bonds is 3. The lowest BCUT2D eigenvalue weighted by Gasteiger charge is -2.18. The first kappa shape index (κ1) is 11.9. The molecule has 0 aromatic heterocycles. The Hall–Kier alpha value is -0.150. The van der Waals surface area contributed by atoms with E-state index >= 15 is 0 Å². The Kier molecular flexibility index (Phi) is 5.41. The lowest BCUT2D eigenvalue weighted by molar-refractivity contribution is -0.122. The molecule has 0 aliphatic heterocycles. The van der Waals surface area contributed by atoms with Crippen molar-refractivity contribution >= 4 is 21.7 Å². The van der Waals surface area contributed by atoms with Crippen molar-refractivity contribution in [2.75, 3.05) is 6.61 Å². The fourth-order valence-electron chi connectivity index (χ4n) is 1.54. The molecule has 0 radical (unpaired) electrons. The maximum atomic E-state index is 10.8. The van der Waals surface area contributed by atoms with Gasteiger partial charge in [-0.1, -0.05) is 34.8 Å². The molecule has 1 unspecified atom stereocenters. The van der Waals surface area contributed by atoms with Gasteiger partial charge in [0.2, 0.25) is 0 Å². The van der Waals surface area contributed by atoms with Gasteiger partial charge in [0.1, 0.15) is 6.61 Å². The monoisotopic (exact) mass is 260 g/mol. The number of Topliss-reactive ketones (excluding diaryl/α,β-unsaturated/α-hetero) is 1. The summed E-state index contributed by atoms with van der Waals surface area (Å²) in [6.07, 6.45) is 8.10. The van der Waals surface area contributed by atoms with Crippen LogP contribution in [0.25, 0.3) is 0 Å². The van der Waals surface area contributed by atoms with E-state index in [1.54, 1.807) is 6.92 Å².